The summed E-state index contributed by atoms with van der Waals surface area (Å²) in [5.74, 6) is 0.883. The molecule has 0 aromatic carbocycles. The van der Waals surface area contributed by atoms with Gasteiger partial charge >= 0.3 is 5.97 Å². The quantitative estimate of drug-likeness (QED) is 0.536. The SMILES string of the molecule is CCOC(=O)CCCCCC1CCNCC1. The Balaban J connectivity index is 1.89. The molecule has 0 aliphatic carbocycles. The van der Waals surface area contributed by atoms with Crippen LogP contribution < -0.4 is 5.32 Å². The van der Waals surface area contributed by atoms with Gasteiger partial charge in [-0.3, -0.25) is 4.79 Å². The average molecular weight is 227 g/mol. The van der Waals surface area contributed by atoms with E-state index in [1.54, 1.807) is 0 Å². The first kappa shape index (κ1) is 13.5. The lowest BCUT2D eigenvalue weighted by Gasteiger charge is -2.22. The number of hydrogen-bond donors (Lipinski definition) is 1. The molecular weight excluding hydrogens is 202 g/mol. The first-order valence-electron chi connectivity index (χ1n) is 6.69. The molecule has 0 bridgehead atoms. The first-order chi connectivity index (χ1) is 7.83. The number of ether oxygens (including phenoxy) is 1. The van der Waals surface area contributed by atoms with Crippen LogP contribution in [0, 0.1) is 5.92 Å². The van der Waals surface area contributed by atoms with Crippen molar-refractivity contribution in [3.63, 3.8) is 0 Å². The summed E-state index contributed by atoms with van der Waals surface area (Å²) in [6, 6.07) is 0. The van der Waals surface area contributed by atoms with Gasteiger partial charge in [-0.05, 0) is 45.2 Å². The fourth-order valence-corrected chi connectivity index (χ4v) is 2.28. The van der Waals surface area contributed by atoms with E-state index in [1.165, 1.54) is 45.2 Å². The Morgan fingerprint density at radius 1 is 1.25 bits per heavy atom. The van der Waals surface area contributed by atoms with Gasteiger partial charge in [0.2, 0.25) is 0 Å². The molecule has 0 aromatic heterocycles. The molecule has 1 aliphatic heterocycles. The molecule has 1 heterocycles. The minimum atomic E-state index is -0.0376. The van der Waals surface area contributed by atoms with Crippen LogP contribution in [-0.4, -0.2) is 25.7 Å². The summed E-state index contributed by atoms with van der Waals surface area (Å²) < 4.78 is 4.89. The van der Waals surface area contributed by atoms with Crippen LogP contribution in [0.15, 0.2) is 0 Å². The third-order valence-electron chi connectivity index (χ3n) is 3.26. The molecular formula is C13H25NO2. The molecule has 1 fully saturated rings. The number of esters is 1. The molecule has 0 atom stereocenters. The van der Waals surface area contributed by atoms with Crippen LogP contribution in [0.2, 0.25) is 0 Å². The van der Waals surface area contributed by atoms with Gasteiger partial charge < -0.3 is 10.1 Å². The molecule has 3 nitrogen and oxygen atoms in total. The van der Waals surface area contributed by atoms with Crippen LogP contribution in [-0.2, 0) is 9.53 Å². The van der Waals surface area contributed by atoms with Crippen molar-refractivity contribution in [1.82, 2.24) is 5.32 Å². The summed E-state index contributed by atoms with van der Waals surface area (Å²) in [6.45, 7) is 4.74. The monoisotopic (exact) mass is 227 g/mol. The summed E-state index contributed by atoms with van der Waals surface area (Å²) in [5, 5.41) is 3.38. The fourth-order valence-electron chi connectivity index (χ4n) is 2.28. The molecule has 1 aliphatic rings. The molecule has 94 valence electrons. The van der Waals surface area contributed by atoms with E-state index in [0.717, 1.165) is 12.3 Å². The van der Waals surface area contributed by atoms with Crippen molar-refractivity contribution in [1.29, 1.82) is 0 Å². The Morgan fingerprint density at radius 3 is 2.69 bits per heavy atom. The predicted octanol–water partition coefficient (Wildman–Crippen LogP) is 2.50. The van der Waals surface area contributed by atoms with E-state index in [4.69, 9.17) is 4.74 Å². The second-order valence-corrected chi connectivity index (χ2v) is 4.60. The maximum absolute atomic E-state index is 11.1. The highest BCUT2D eigenvalue weighted by molar-refractivity contribution is 5.69. The minimum Gasteiger partial charge on any atom is -0.466 e. The van der Waals surface area contributed by atoms with Crippen molar-refractivity contribution in [3.8, 4) is 0 Å². The Labute approximate surface area is 98.9 Å². The van der Waals surface area contributed by atoms with Gasteiger partial charge in [-0.15, -0.1) is 0 Å². The zero-order valence-electron chi connectivity index (χ0n) is 10.5. The Kier molecular flexibility index (Phi) is 7.23. The maximum atomic E-state index is 11.1. The van der Waals surface area contributed by atoms with Gasteiger partial charge in [0.15, 0.2) is 0 Å². The number of rotatable bonds is 7. The van der Waals surface area contributed by atoms with Crippen LogP contribution in [0.3, 0.4) is 0 Å². The molecule has 0 unspecified atom stereocenters. The molecule has 16 heavy (non-hydrogen) atoms. The van der Waals surface area contributed by atoms with E-state index >= 15 is 0 Å². The average Bonchev–Trinajstić information content (AvgIpc) is 2.30. The van der Waals surface area contributed by atoms with E-state index in [0.29, 0.717) is 13.0 Å². The van der Waals surface area contributed by atoms with Crippen molar-refractivity contribution >= 4 is 5.97 Å². The third-order valence-corrected chi connectivity index (χ3v) is 3.26. The minimum absolute atomic E-state index is 0.0376. The zero-order chi connectivity index (χ0) is 11.6. The van der Waals surface area contributed by atoms with E-state index in [9.17, 15) is 4.79 Å². The number of hydrogen-bond acceptors (Lipinski definition) is 3. The van der Waals surface area contributed by atoms with Gasteiger partial charge in [-0.1, -0.05) is 19.3 Å². The molecule has 0 amide bonds. The lowest BCUT2D eigenvalue weighted by atomic mass is 9.92. The molecule has 1 saturated heterocycles. The molecule has 0 aromatic rings. The Morgan fingerprint density at radius 2 is 2.00 bits per heavy atom. The number of nitrogens with one attached hydrogen (secondary N) is 1. The van der Waals surface area contributed by atoms with Crippen molar-refractivity contribution in [2.45, 2.75) is 51.9 Å². The van der Waals surface area contributed by atoms with Crippen molar-refractivity contribution in [2.75, 3.05) is 19.7 Å². The number of piperidine rings is 1. The van der Waals surface area contributed by atoms with E-state index < -0.39 is 0 Å². The van der Waals surface area contributed by atoms with E-state index in [1.807, 2.05) is 6.92 Å². The van der Waals surface area contributed by atoms with E-state index in [-0.39, 0.29) is 5.97 Å². The molecule has 0 spiro atoms. The Hall–Kier alpha value is -0.570. The van der Waals surface area contributed by atoms with Gasteiger partial charge in [0.1, 0.15) is 0 Å². The number of unbranched alkanes of at least 4 members (excludes halogenated alkanes) is 2. The topological polar surface area (TPSA) is 38.3 Å². The second-order valence-electron chi connectivity index (χ2n) is 4.60. The van der Waals surface area contributed by atoms with Crippen LogP contribution in [0.25, 0.3) is 0 Å². The molecule has 1 N–H and O–H groups in total. The third kappa shape index (κ3) is 6.11. The molecule has 0 saturated carbocycles. The lowest BCUT2D eigenvalue weighted by molar-refractivity contribution is -0.143. The molecule has 1 rings (SSSR count). The van der Waals surface area contributed by atoms with Gasteiger partial charge in [0.25, 0.3) is 0 Å². The van der Waals surface area contributed by atoms with Crippen molar-refractivity contribution < 1.29 is 9.53 Å². The Bertz CT molecular complexity index is 188. The van der Waals surface area contributed by atoms with Crippen molar-refractivity contribution in [3.05, 3.63) is 0 Å². The van der Waals surface area contributed by atoms with Gasteiger partial charge in [-0.2, -0.15) is 0 Å². The largest absolute Gasteiger partial charge is 0.466 e. The normalized spacial score (nSPS) is 17.3. The highest BCUT2D eigenvalue weighted by Gasteiger charge is 2.12. The van der Waals surface area contributed by atoms with Crippen molar-refractivity contribution in [2.24, 2.45) is 5.92 Å². The molecule has 0 radical (unpaired) electrons. The summed E-state index contributed by atoms with van der Waals surface area (Å²) in [7, 11) is 0. The van der Waals surface area contributed by atoms with E-state index in [2.05, 4.69) is 5.32 Å². The van der Waals surface area contributed by atoms with Gasteiger partial charge in [0.05, 0.1) is 6.61 Å². The summed E-state index contributed by atoms with van der Waals surface area (Å²) >= 11 is 0. The van der Waals surface area contributed by atoms with Gasteiger partial charge in [-0.25, -0.2) is 0 Å². The predicted molar refractivity (Wildman–Crippen MR) is 65.3 cm³/mol. The smallest absolute Gasteiger partial charge is 0.305 e. The maximum Gasteiger partial charge on any atom is 0.305 e. The fraction of sp³-hybridized carbons (Fsp3) is 0.923. The highest BCUT2D eigenvalue weighted by atomic mass is 16.5. The van der Waals surface area contributed by atoms with Crippen LogP contribution in [0.4, 0.5) is 0 Å². The highest BCUT2D eigenvalue weighted by Crippen LogP contribution is 2.19. The summed E-state index contributed by atoms with van der Waals surface area (Å²) in [5.41, 5.74) is 0. The van der Waals surface area contributed by atoms with Crippen LogP contribution >= 0.6 is 0 Å². The van der Waals surface area contributed by atoms with Crippen LogP contribution in [0.5, 0.6) is 0 Å². The zero-order valence-corrected chi connectivity index (χ0v) is 10.5. The summed E-state index contributed by atoms with van der Waals surface area (Å²) in [4.78, 5) is 11.1. The lowest BCUT2D eigenvalue weighted by Crippen LogP contribution is -2.27. The van der Waals surface area contributed by atoms with Crippen LogP contribution in [0.1, 0.15) is 51.9 Å². The second kappa shape index (κ2) is 8.57. The molecule has 3 heteroatoms. The number of carbonyl (C=O) groups excluding carboxylic acids is 1. The van der Waals surface area contributed by atoms with Gasteiger partial charge in [0, 0.05) is 6.42 Å². The first-order valence-corrected chi connectivity index (χ1v) is 6.69. The summed E-state index contributed by atoms with van der Waals surface area (Å²) in [6.07, 6.45) is 8.02. The standard InChI is InChI=1S/C13H25NO2/c1-2-16-13(15)7-5-3-4-6-12-8-10-14-11-9-12/h12,14H,2-11H2,1H3. The number of carbonyl (C=O) groups is 1.